The fourth-order valence-electron chi connectivity index (χ4n) is 3.42. The summed E-state index contributed by atoms with van der Waals surface area (Å²) in [6, 6.07) is 5.69. The first kappa shape index (κ1) is 22.7. The summed E-state index contributed by atoms with van der Waals surface area (Å²) in [5.74, 6) is 2.99. The largest absolute Gasteiger partial charge is 0.486 e. The van der Waals surface area contributed by atoms with E-state index in [9.17, 15) is 0 Å². The third kappa shape index (κ3) is 5.37. The molecule has 2 aliphatic rings. The molecule has 0 saturated carbocycles. The number of nitrogens with zero attached hydrogens (tertiary/aromatic N) is 5. The van der Waals surface area contributed by atoms with Crippen LogP contribution in [0.5, 0.6) is 11.5 Å². The molecule has 8 nitrogen and oxygen atoms in total. The van der Waals surface area contributed by atoms with Crippen LogP contribution in [0.4, 0.5) is 5.95 Å². The number of halogens is 2. The summed E-state index contributed by atoms with van der Waals surface area (Å²) in [5.41, 5.74) is 0.992. The Morgan fingerprint density at radius 1 is 1.13 bits per heavy atom. The van der Waals surface area contributed by atoms with E-state index in [4.69, 9.17) is 26.1 Å². The molecule has 10 heteroatoms. The highest BCUT2D eigenvalue weighted by molar-refractivity contribution is 14.0. The van der Waals surface area contributed by atoms with Gasteiger partial charge < -0.3 is 24.6 Å². The zero-order valence-electron chi connectivity index (χ0n) is 16.9. The van der Waals surface area contributed by atoms with Crippen molar-refractivity contribution in [1.29, 1.82) is 0 Å². The fraction of sp³-hybridized carbons (Fsp3) is 0.450. The van der Waals surface area contributed by atoms with E-state index in [-0.39, 0.29) is 24.0 Å². The molecular weight excluding hydrogens is 519 g/mol. The minimum Gasteiger partial charge on any atom is -0.486 e. The standard InChI is InChI=1S/C20H25ClN6O2.HI/c1-2-22-19(26-6-8-27(9-7-26)20-23-4-3-5-24-20)25-14-15-12-16(21)18-17(13-15)28-10-11-29-18;/h3-5,12-13H,2,6-11,14H2,1H3,(H,22,25);1H. The number of piperazine rings is 1. The van der Waals surface area contributed by atoms with Gasteiger partial charge in [0.2, 0.25) is 5.95 Å². The molecule has 0 radical (unpaired) electrons. The van der Waals surface area contributed by atoms with E-state index in [0.717, 1.165) is 50.2 Å². The first-order chi connectivity index (χ1) is 14.2. The summed E-state index contributed by atoms with van der Waals surface area (Å²) in [6.45, 7) is 7.86. The SMILES string of the molecule is CCNC(=NCc1cc(Cl)c2c(c1)OCCO2)N1CCN(c2ncccn2)CC1.I. The van der Waals surface area contributed by atoms with Gasteiger partial charge in [0.15, 0.2) is 17.5 Å². The van der Waals surface area contributed by atoms with Crippen LogP contribution in [0.15, 0.2) is 35.6 Å². The first-order valence-electron chi connectivity index (χ1n) is 9.88. The molecule has 0 amide bonds. The predicted octanol–water partition coefficient (Wildman–Crippen LogP) is 2.81. The number of fused-ring (bicyclic) bond motifs is 1. The number of hydrogen-bond acceptors (Lipinski definition) is 6. The number of benzene rings is 1. The first-order valence-corrected chi connectivity index (χ1v) is 10.3. The van der Waals surface area contributed by atoms with Crippen molar-refractivity contribution < 1.29 is 9.47 Å². The summed E-state index contributed by atoms with van der Waals surface area (Å²) in [7, 11) is 0. The summed E-state index contributed by atoms with van der Waals surface area (Å²) < 4.78 is 11.3. The molecular formula is C20H26ClIN6O2. The van der Waals surface area contributed by atoms with Gasteiger partial charge in [-0.05, 0) is 30.7 Å². The normalized spacial score (nSPS) is 16.1. The molecule has 2 aliphatic heterocycles. The van der Waals surface area contributed by atoms with E-state index in [1.807, 2.05) is 18.2 Å². The molecule has 162 valence electrons. The number of anilines is 1. The third-order valence-electron chi connectivity index (χ3n) is 4.82. The third-order valence-corrected chi connectivity index (χ3v) is 5.10. The van der Waals surface area contributed by atoms with Crippen molar-refractivity contribution in [3.8, 4) is 11.5 Å². The van der Waals surface area contributed by atoms with Gasteiger partial charge in [0.05, 0.1) is 11.6 Å². The van der Waals surface area contributed by atoms with Gasteiger partial charge in [-0.1, -0.05) is 11.6 Å². The average molecular weight is 545 g/mol. The highest BCUT2D eigenvalue weighted by atomic mass is 127. The number of aliphatic imine (C=N–C) groups is 1. The molecule has 4 rings (SSSR count). The second-order valence-corrected chi connectivity index (χ2v) is 7.20. The zero-order chi connectivity index (χ0) is 20.1. The van der Waals surface area contributed by atoms with E-state index in [2.05, 4.69) is 32.0 Å². The molecule has 1 fully saturated rings. The maximum absolute atomic E-state index is 6.35. The van der Waals surface area contributed by atoms with Crippen molar-refractivity contribution in [2.75, 3.05) is 50.8 Å². The minimum atomic E-state index is 0. The van der Waals surface area contributed by atoms with Crippen molar-refractivity contribution in [3.05, 3.63) is 41.2 Å². The van der Waals surface area contributed by atoms with Crippen LogP contribution >= 0.6 is 35.6 Å². The Hall–Kier alpha value is -2.01. The maximum Gasteiger partial charge on any atom is 0.225 e. The number of nitrogens with one attached hydrogen (secondary N) is 1. The van der Waals surface area contributed by atoms with Gasteiger partial charge in [0.25, 0.3) is 0 Å². The minimum absolute atomic E-state index is 0. The smallest absolute Gasteiger partial charge is 0.225 e. The lowest BCUT2D eigenvalue weighted by Gasteiger charge is -2.36. The Morgan fingerprint density at radius 3 is 2.60 bits per heavy atom. The molecule has 0 spiro atoms. The fourth-order valence-corrected chi connectivity index (χ4v) is 3.71. The molecule has 3 heterocycles. The number of hydrogen-bond donors (Lipinski definition) is 1. The molecule has 2 aromatic rings. The molecule has 1 N–H and O–H groups in total. The van der Waals surface area contributed by atoms with Gasteiger partial charge in [-0.25, -0.2) is 15.0 Å². The second-order valence-electron chi connectivity index (χ2n) is 6.79. The monoisotopic (exact) mass is 544 g/mol. The van der Waals surface area contributed by atoms with Gasteiger partial charge in [-0.3, -0.25) is 0 Å². The molecule has 0 aliphatic carbocycles. The molecule has 0 unspecified atom stereocenters. The summed E-state index contributed by atoms with van der Waals surface area (Å²) in [5, 5.41) is 3.96. The van der Waals surface area contributed by atoms with E-state index >= 15 is 0 Å². The molecule has 30 heavy (non-hydrogen) atoms. The number of ether oxygens (including phenoxy) is 2. The van der Waals surface area contributed by atoms with Crippen LogP contribution in [-0.2, 0) is 6.54 Å². The Morgan fingerprint density at radius 2 is 1.87 bits per heavy atom. The molecule has 1 aromatic carbocycles. The van der Waals surface area contributed by atoms with Crippen LogP contribution in [0.3, 0.4) is 0 Å². The van der Waals surface area contributed by atoms with Gasteiger partial charge in [-0.15, -0.1) is 24.0 Å². The lowest BCUT2D eigenvalue weighted by Crippen LogP contribution is -2.52. The lowest BCUT2D eigenvalue weighted by molar-refractivity contribution is 0.171. The molecule has 0 bridgehead atoms. The maximum atomic E-state index is 6.35. The van der Waals surface area contributed by atoms with Gasteiger partial charge >= 0.3 is 0 Å². The molecule has 1 saturated heterocycles. The van der Waals surface area contributed by atoms with Crippen LogP contribution in [0.2, 0.25) is 5.02 Å². The van der Waals surface area contributed by atoms with Crippen LogP contribution < -0.4 is 19.7 Å². The topological polar surface area (TPSA) is 75.1 Å². The van der Waals surface area contributed by atoms with E-state index in [1.165, 1.54) is 0 Å². The quantitative estimate of drug-likeness (QED) is 0.360. The number of aromatic nitrogens is 2. The van der Waals surface area contributed by atoms with Crippen LogP contribution in [0.1, 0.15) is 12.5 Å². The van der Waals surface area contributed by atoms with E-state index < -0.39 is 0 Å². The van der Waals surface area contributed by atoms with Gasteiger partial charge in [0.1, 0.15) is 13.2 Å². The highest BCUT2D eigenvalue weighted by Crippen LogP contribution is 2.38. The Balaban J connectivity index is 0.00000256. The van der Waals surface area contributed by atoms with Crippen molar-refractivity contribution in [3.63, 3.8) is 0 Å². The molecule has 0 atom stereocenters. The van der Waals surface area contributed by atoms with E-state index in [0.29, 0.717) is 36.3 Å². The number of rotatable bonds is 4. The van der Waals surface area contributed by atoms with Crippen molar-refractivity contribution in [2.24, 2.45) is 4.99 Å². The van der Waals surface area contributed by atoms with Gasteiger partial charge in [0, 0.05) is 45.1 Å². The highest BCUT2D eigenvalue weighted by Gasteiger charge is 2.21. The van der Waals surface area contributed by atoms with Gasteiger partial charge in [-0.2, -0.15) is 0 Å². The lowest BCUT2D eigenvalue weighted by atomic mass is 10.2. The molecule has 1 aromatic heterocycles. The van der Waals surface area contributed by atoms with Crippen molar-refractivity contribution in [2.45, 2.75) is 13.5 Å². The van der Waals surface area contributed by atoms with E-state index in [1.54, 1.807) is 12.4 Å². The van der Waals surface area contributed by atoms with Crippen molar-refractivity contribution in [1.82, 2.24) is 20.2 Å². The van der Waals surface area contributed by atoms with Crippen LogP contribution in [-0.4, -0.2) is 66.8 Å². The summed E-state index contributed by atoms with van der Waals surface area (Å²) in [4.78, 5) is 18.0. The second kappa shape index (κ2) is 10.9. The Bertz CT molecular complexity index is 862. The van der Waals surface area contributed by atoms with Crippen LogP contribution in [0, 0.1) is 0 Å². The predicted molar refractivity (Wildman–Crippen MR) is 128 cm³/mol. The average Bonchev–Trinajstić information content (AvgIpc) is 2.77. The number of guanidine groups is 1. The zero-order valence-corrected chi connectivity index (χ0v) is 20.0. The summed E-state index contributed by atoms with van der Waals surface area (Å²) >= 11 is 6.35. The Kier molecular flexibility index (Phi) is 8.20. The summed E-state index contributed by atoms with van der Waals surface area (Å²) in [6.07, 6.45) is 3.55. The van der Waals surface area contributed by atoms with Crippen LogP contribution in [0.25, 0.3) is 0 Å². The Labute approximate surface area is 198 Å². The van der Waals surface area contributed by atoms with Crippen molar-refractivity contribution >= 4 is 47.5 Å².